The Balaban J connectivity index is 2.50. The fourth-order valence-electron chi connectivity index (χ4n) is 3.46. The van der Waals surface area contributed by atoms with Gasteiger partial charge in [-0.05, 0) is 25.8 Å². The minimum absolute atomic E-state index is 0.378. The summed E-state index contributed by atoms with van der Waals surface area (Å²) in [6.07, 6.45) is 13.7. The smallest absolute Gasteiger partial charge is 0.0244 e. The van der Waals surface area contributed by atoms with Crippen LogP contribution in [-0.4, -0.2) is 30.6 Å². The second-order valence-corrected chi connectivity index (χ2v) is 6.97. The average Bonchev–Trinajstić information content (AvgIpc) is 2.32. The van der Waals surface area contributed by atoms with E-state index in [1.807, 2.05) is 0 Å². The zero-order valence-corrected chi connectivity index (χ0v) is 13.5. The van der Waals surface area contributed by atoms with Crippen molar-refractivity contribution < 1.29 is 0 Å². The lowest BCUT2D eigenvalue weighted by Gasteiger charge is -2.34. The molecule has 0 aromatic carbocycles. The van der Waals surface area contributed by atoms with E-state index >= 15 is 0 Å². The van der Waals surface area contributed by atoms with E-state index in [4.69, 9.17) is 5.73 Å². The van der Waals surface area contributed by atoms with Crippen molar-refractivity contribution in [2.45, 2.75) is 90.1 Å². The summed E-state index contributed by atoms with van der Waals surface area (Å²) in [7, 11) is 2.27. The normalized spacial score (nSPS) is 28.1. The maximum Gasteiger partial charge on any atom is 0.0244 e. The second-order valence-electron chi connectivity index (χ2n) is 6.97. The van der Waals surface area contributed by atoms with Gasteiger partial charge in [0.1, 0.15) is 0 Å². The Morgan fingerprint density at radius 3 is 1.89 bits per heavy atom. The van der Waals surface area contributed by atoms with E-state index in [-0.39, 0.29) is 0 Å². The molecular weight excluding hydrogens is 232 g/mol. The first-order chi connectivity index (χ1) is 9.11. The van der Waals surface area contributed by atoms with Crippen LogP contribution in [0.4, 0.5) is 0 Å². The maximum absolute atomic E-state index is 6.49. The maximum atomic E-state index is 6.49. The van der Waals surface area contributed by atoms with Crippen LogP contribution in [-0.2, 0) is 0 Å². The molecule has 0 saturated heterocycles. The van der Waals surface area contributed by atoms with Gasteiger partial charge in [0.15, 0.2) is 0 Å². The molecule has 0 amide bonds. The van der Waals surface area contributed by atoms with Crippen LogP contribution in [0, 0.1) is 5.92 Å². The predicted molar refractivity (Wildman–Crippen MR) is 85.4 cm³/mol. The molecule has 0 aliphatic heterocycles. The van der Waals surface area contributed by atoms with Gasteiger partial charge in [-0.1, -0.05) is 65.2 Å². The molecule has 0 bridgehead atoms. The third-order valence-electron chi connectivity index (χ3n) is 4.50. The quantitative estimate of drug-likeness (QED) is 0.832. The van der Waals surface area contributed by atoms with Gasteiger partial charge in [-0.15, -0.1) is 0 Å². The number of hydrogen-bond acceptors (Lipinski definition) is 2. The summed E-state index contributed by atoms with van der Waals surface area (Å²) in [5, 5.41) is 0. The van der Waals surface area contributed by atoms with Gasteiger partial charge in [-0.25, -0.2) is 0 Å². The van der Waals surface area contributed by atoms with Gasteiger partial charge in [-0.3, -0.25) is 0 Å². The first-order valence-electron chi connectivity index (χ1n) is 8.57. The number of nitrogens with two attached hydrogens (primary N) is 1. The Labute approximate surface area is 121 Å². The first kappa shape index (κ1) is 17.0. The molecule has 0 aromatic heterocycles. The van der Waals surface area contributed by atoms with Crippen LogP contribution in [0.2, 0.25) is 0 Å². The molecule has 1 rings (SSSR count). The highest BCUT2D eigenvalue weighted by Crippen LogP contribution is 2.20. The van der Waals surface area contributed by atoms with Gasteiger partial charge in [0, 0.05) is 18.6 Å². The van der Waals surface area contributed by atoms with E-state index in [0.717, 1.165) is 5.92 Å². The minimum atomic E-state index is 0.378. The lowest BCUT2D eigenvalue weighted by atomic mass is 9.93. The summed E-state index contributed by atoms with van der Waals surface area (Å²) in [6, 6.07) is 0.977. The molecule has 2 atom stereocenters. The van der Waals surface area contributed by atoms with E-state index < -0.39 is 0 Å². The van der Waals surface area contributed by atoms with Crippen LogP contribution < -0.4 is 5.73 Å². The van der Waals surface area contributed by atoms with Gasteiger partial charge in [0.25, 0.3) is 0 Å². The van der Waals surface area contributed by atoms with Gasteiger partial charge in [0.2, 0.25) is 0 Å². The predicted octanol–water partition coefficient (Wildman–Crippen LogP) is 4.18. The number of likely N-dealkylation sites (N-methyl/N-ethyl adjacent to an activating group) is 1. The van der Waals surface area contributed by atoms with Crippen molar-refractivity contribution in [3.8, 4) is 0 Å². The summed E-state index contributed by atoms with van der Waals surface area (Å²) in [4.78, 5) is 2.53. The molecule has 19 heavy (non-hydrogen) atoms. The molecule has 1 aliphatic rings. The van der Waals surface area contributed by atoms with E-state index in [2.05, 4.69) is 25.8 Å². The molecule has 2 N–H and O–H groups in total. The molecule has 1 fully saturated rings. The fraction of sp³-hybridized carbons (Fsp3) is 1.00. The van der Waals surface area contributed by atoms with E-state index in [1.165, 1.54) is 70.8 Å². The second kappa shape index (κ2) is 9.77. The molecular formula is C17H36N2. The standard InChI is InChI=1S/C17H36N2/c1-15(2)14-19(3)17-13-11-9-7-5-4-6-8-10-12-16(17)18/h15-17H,4-14,18H2,1-3H3. The van der Waals surface area contributed by atoms with Crippen molar-refractivity contribution in [3.63, 3.8) is 0 Å². The largest absolute Gasteiger partial charge is 0.326 e. The van der Waals surface area contributed by atoms with Crippen LogP contribution >= 0.6 is 0 Å². The number of hydrogen-bond donors (Lipinski definition) is 1. The molecule has 2 heteroatoms. The molecule has 1 aliphatic carbocycles. The van der Waals surface area contributed by atoms with Crippen molar-refractivity contribution >= 4 is 0 Å². The van der Waals surface area contributed by atoms with Crippen LogP contribution in [0.3, 0.4) is 0 Å². The van der Waals surface area contributed by atoms with Crippen LogP contribution in [0.25, 0.3) is 0 Å². The van der Waals surface area contributed by atoms with Crippen molar-refractivity contribution in [3.05, 3.63) is 0 Å². The monoisotopic (exact) mass is 268 g/mol. The Bertz CT molecular complexity index is 215. The number of rotatable bonds is 3. The van der Waals surface area contributed by atoms with E-state index in [1.54, 1.807) is 0 Å². The molecule has 114 valence electrons. The number of nitrogens with zero attached hydrogens (tertiary/aromatic N) is 1. The van der Waals surface area contributed by atoms with Crippen molar-refractivity contribution in [2.75, 3.05) is 13.6 Å². The van der Waals surface area contributed by atoms with E-state index in [9.17, 15) is 0 Å². The lowest BCUT2D eigenvalue weighted by molar-refractivity contribution is 0.170. The highest BCUT2D eigenvalue weighted by atomic mass is 15.1. The molecule has 0 spiro atoms. The van der Waals surface area contributed by atoms with Gasteiger partial charge in [-0.2, -0.15) is 0 Å². The van der Waals surface area contributed by atoms with E-state index in [0.29, 0.717) is 12.1 Å². The zero-order chi connectivity index (χ0) is 14.1. The van der Waals surface area contributed by atoms with Crippen molar-refractivity contribution in [1.29, 1.82) is 0 Å². The molecule has 0 heterocycles. The average molecular weight is 268 g/mol. The molecule has 2 nitrogen and oxygen atoms in total. The summed E-state index contributed by atoms with van der Waals surface area (Å²) in [5.41, 5.74) is 6.49. The molecule has 0 radical (unpaired) electrons. The summed E-state index contributed by atoms with van der Waals surface area (Å²) in [6.45, 7) is 5.78. The Kier molecular flexibility index (Phi) is 8.72. The lowest BCUT2D eigenvalue weighted by Crippen LogP contribution is -2.47. The highest BCUT2D eigenvalue weighted by Gasteiger charge is 2.22. The Morgan fingerprint density at radius 2 is 1.37 bits per heavy atom. The summed E-state index contributed by atoms with van der Waals surface area (Å²) >= 11 is 0. The Morgan fingerprint density at radius 1 is 0.895 bits per heavy atom. The van der Waals surface area contributed by atoms with Gasteiger partial charge in [0.05, 0.1) is 0 Å². The van der Waals surface area contributed by atoms with Crippen molar-refractivity contribution in [2.24, 2.45) is 11.7 Å². The Hall–Kier alpha value is -0.0800. The highest BCUT2D eigenvalue weighted by molar-refractivity contribution is 4.81. The van der Waals surface area contributed by atoms with Gasteiger partial charge >= 0.3 is 0 Å². The summed E-state index contributed by atoms with van der Waals surface area (Å²) < 4.78 is 0. The molecule has 1 saturated carbocycles. The van der Waals surface area contributed by atoms with Crippen LogP contribution in [0.15, 0.2) is 0 Å². The zero-order valence-electron chi connectivity index (χ0n) is 13.5. The third kappa shape index (κ3) is 7.31. The summed E-state index contributed by atoms with van der Waals surface area (Å²) in [5.74, 6) is 0.735. The van der Waals surface area contributed by atoms with Gasteiger partial charge < -0.3 is 10.6 Å². The van der Waals surface area contributed by atoms with Crippen LogP contribution in [0.5, 0.6) is 0 Å². The van der Waals surface area contributed by atoms with Crippen LogP contribution in [0.1, 0.15) is 78.1 Å². The fourth-order valence-corrected chi connectivity index (χ4v) is 3.46. The minimum Gasteiger partial charge on any atom is -0.326 e. The molecule has 0 aromatic rings. The molecule has 2 unspecified atom stereocenters. The van der Waals surface area contributed by atoms with Crippen molar-refractivity contribution in [1.82, 2.24) is 4.90 Å². The first-order valence-corrected chi connectivity index (χ1v) is 8.57. The third-order valence-corrected chi connectivity index (χ3v) is 4.50. The SMILES string of the molecule is CC(C)CN(C)C1CCCCCCCCCCC1N. The topological polar surface area (TPSA) is 29.3 Å².